The molecule has 2 rings (SSSR count). The summed E-state index contributed by atoms with van der Waals surface area (Å²) in [4.78, 5) is 4.83. The van der Waals surface area contributed by atoms with Crippen molar-refractivity contribution in [3.63, 3.8) is 0 Å². The Kier molecular flexibility index (Phi) is 4.25. The molecule has 100 valence electrons. The molecule has 0 saturated carbocycles. The lowest BCUT2D eigenvalue weighted by molar-refractivity contribution is 0.154. The van der Waals surface area contributed by atoms with Crippen molar-refractivity contribution in [2.75, 3.05) is 31.6 Å². The molecule has 1 aromatic rings. The van der Waals surface area contributed by atoms with Crippen LogP contribution in [0.5, 0.6) is 0 Å². The van der Waals surface area contributed by atoms with Crippen molar-refractivity contribution < 1.29 is 5.11 Å². The third-order valence-corrected chi connectivity index (χ3v) is 3.91. The number of aliphatic hydroxyl groups is 1. The van der Waals surface area contributed by atoms with Crippen LogP contribution in [0.4, 0.5) is 5.69 Å². The predicted octanol–water partition coefficient (Wildman–Crippen LogP) is 1.89. The molecule has 0 bridgehead atoms. The third-order valence-electron chi connectivity index (χ3n) is 3.91. The van der Waals surface area contributed by atoms with E-state index >= 15 is 0 Å². The Morgan fingerprint density at radius 2 is 2.11 bits per heavy atom. The Morgan fingerprint density at radius 3 is 2.78 bits per heavy atom. The Labute approximate surface area is 110 Å². The van der Waals surface area contributed by atoms with Crippen LogP contribution in [0.15, 0.2) is 24.3 Å². The van der Waals surface area contributed by atoms with E-state index < -0.39 is 0 Å². The third kappa shape index (κ3) is 2.85. The monoisotopic (exact) mass is 248 g/mol. The van der Waals surface area contributed by atoms with Crippen LogP contribution in [0.2, 0.25) is 0 Å². The molecule has 1 N–H and O–H groups in total. The number of hydrogen-bond acceptors (Lipinski definition) is 3. The minimum Gasteiger partial charge on any atom is -0.396 e. The number of rotatable bonds is 3. The Morgan fingerprint density at radius 1 is 1.33 bits per heavy atom. The second-order valence-corrected chi connectivity index (χ2v) is 5.45. The average Bonchev–Trinajstić information content (AvgIpc) is 2.33. The van der Waals surface area contributed by atoms with E-state index in [0.717, 1.165) is 19.5 Å². The van der Waals surface area contributed by atoms with Crippen LogP contribution in [0.1, 0.15) is 18.9 Å². The highest BCUT2D eigenvalue weighted by Gasteiger charge is 2.28. The molecular formula is C15H24N2O. The highest BCUT2D eigenvalue weighted by atomic mass is 16.3. The topological polar surface area (TPSA) is 26.7 Å². The molecule has 0 spiro atoms. The molecule has 1 aromatic carbocycles. The molecule has 3 nitrogen and oxygen atoms in total. The maximum absolute atomic E-state index is 9.16. The molecule has 1 fully saturated rings. The quantitative estimate of drug-likeness (QED) is 0.885. The van der Waals surface area contributed by atoms with Crippen LogP contribution in [0.3, 0.4) is 0 Å². The molecule has 2 unspecified atom stereocenters. The standard InChI is InChI=1S/C15H24N2O/c1-12-5-4-6-14(9-12)17-11-15(7-8-18)16(3)10-13(17)2/h4-6,9,13,15,18H,7-8,10-11H2,1-3H3. The molecule has 1 saturated heterocycles. The molecular weight excluding hydrogens is 224 g/mol. The number of piperazine rings is 1. The molecule has 1 aliphatic rings. The first-order valence-electron chi connectivity index (χ1n) is 6.76. The second-order valence-electron chi connectivity index (χ2n) is 5.45. The summed E-state index contributed by atoms with van der Waals surface area (Å²) in [5, 5.41) is 9.16. The Balaban J connectivity index is 2.16. The fourth-order valence-corrected chi connectivity index (χ4v) is 2.84. The first kappa shape index (κ1) is 13.4. The fourth-order valence-electron chi connectivity index (χ4n) is 2.84. The SMILES string of the molecule is Cc1cccc(N2CC(CCO)N(C)CC2C)c1. The summed E-state index contributed by atoms with van der Waals surface area (Å²) in [6.07, 6.45) is 0.853. The van der Waals surface area contributed by atoms with Gasteiger partial charge in [-0.2, -0.15) is 0 Å². The van der Waals surface area contributed by atoms with Crippen LogP contribution < -0.4 is 4.90 Å². The van der Waals surface area contributed by atoms with Gasteiger partial charge in [-0.05, 0) is 45.0 Å². The van der Waals surface area contributed by atoms with Gasteiger partial charge in [0.05, 0.1) is 0 Å². The zero-order valence-corrected chi connectivity index (χ0v) is 11.6. The van der Waals surface area contributed by atoms with Gasteiger partial charge in [-0.1, -0.05) is 12.1 Å². The normalized spacial score (nSPS) is 25.4. The smallest absolute Gasteiger partial charge is 0.0446 e. The summed E-state index contributed by atoms with van der Waals surface area (Å²) in [7, 11) is 2.16. The summed E-state index contributed by atoms with van der Waals surface area (Å²) < 4.78 is 0. The van der Waals surface area contributed by atoms with Crippen molar-refractivity contribution >= 4 is 5.69 Å². The van der Waals surface area contributed by atoms with E-state index in [1.54, 1.807) is 0 Å². The van der Waals surface area contributed by atoms with Gasteiger partial charge in [0.2, 0.25) is 0 Å². The number of likely N-dealkylation sites (N-methyl/N-ethyl adjacent to an activating group) is 1. The van der Waals surface area contributed by atoms with Gasteiger partial charge in [-0.25, -0.2) is 0 Å². The van der Waals surface area contributed by atoms with E-state index in [1.807, 2.05) is 0 Å². The van der Waals surface area contributed by atoms with E-state index in [1.165, 1.54) is 11.3 Å². The molecule has 3 heteroatoms. The maximum atomic E-state index is 9.16. The molecule has 0 radical (unpaired) electrons. The highest BCUT2D eigenvalue weighted by Crippen LogP contribution is 2.24. The molecule has 0 aliphatic carbocycles. The van der Waals surface area contributed by atoms with E-state index in [4.69, 9.17) is 5.11 Å². The van der Waals surface area contributed by atoms with E-state index in [-0.39, 0.29) is 6.61 Å². The molecule has 0 aromatic heterocycles. The lowest BCUT2D eigenvalue weighted by Crippen LogP contribution is -2.56. The average molecular weight is 248 g/mol. The van der Waals surface area contributed by atoms with Crippen molar-refractivity contribution in [3.05, 3.63) is 29.8 Å². The zero-order valence-electron chi connectivity index (χ0n) is 11.6. The molecule has 0 amide bonds. The van der Waals surface area contributed by atoms with Gasteiger partial charge in [0.1, 0.15) is 0 Å². The number of aryl methyl sites for hydroxylation is 1. The second kappa shape index (κ2) is 5.72. The van der Waals surface area contributed by atoms with Crippen LogP contribution in [-0.2, 0) is 0 Å². The van der Waals surface area contributed by atoms with E-state index in [9.17, 15) is 0 Å². The lowest BCUT2D eigenvalue weighted by atomic mass is 10.0. The molecule has 2 atom stereocenters. The molecule has 1 aliphatic heterocycles. The summed E-state index contributed by atoms with van der Waals surface area (Å²) in [6, 6.07) is 9.66. The van der Waals surface area contributed by atoms with Crippen molar-refractivity contribution in [1.29, 1.82) is 0 Å². The number of hydrogen-bond donors (Lipinski definition) is 1. The van der Waals surface area contributed by atoms with Gasteiger partial charge in [-0.15, -0.1) is 0 Å². The van der Waals surface area contributed by atoms with Gasteiger partial charge < -0.3 is 10.0 Å². The number of nitrogens with zero attached hydrogens (tertiary/aromatic N) is 2. The van der Waals surface area contributed by atoms with Gasteiger partial charge in [0.25, 0.3) is 0 Å². The lowest BCUT2D eigenvalue weighted by Gasteiger charge is -2.45. The first-order valence-corrected chi connectivity index (χ1v) is 6.76. The largest absolute Gasteiger partial charge is 0.396 e. The maximum Gasteiger partial charge on any atom is 0.0446 e. The summed E-state index contributed by atoms with van der Waals surface area (Å²) in [6.45, 7) is 6.73. The minimum atomic E-state index is 0.269. The van der Waals surface area contributed by atoms with Gasteiger partial charge in [0.15, 0.2) is 0 Å². The highest BCUT2D eigenvalue weighted by molar-refractivity contribution is 5.50. The van der Waals surface area contributed by atoms with Gasteiger partial charge >= 0.3 is 0 Å². The molecule has 18 heavy (non-hydrogen) atoms. The van der Waals surface area contributed by atoms with Crippen molar-refractivity contribution in [2.24, 2.45) is 0 Å². The fraction of sp³-hybridized carbons (Fsp3) is 0.600. The zero-order chi connectivity index (χ0) is 13.1. The molecule has 1 heterocycles. The first-order chi connectivity index (χ1) is 8.61. The van der Waals surface area contributed by atoms with E-state index in [2.05, 4.69) is 55.0 Å². The van der Waals surface area contributed by atoms with Crippen molar-refractivity contribution in [1.82, 2.24) is 4.90 Å². The minimum absolute atomic E-state index is 0.269. The summed E-state index contributed by atoms with van der Waals surface area (Å²) in [5.74, 6) is 0. The number of benzene rings is 1. The van der Waals surface area contributed by atoms with Gasteiger partial charge in [0, 0.05) is 37.5 Å². The Bertz CT molecular complexity index is 394. The summed E-state index contributed by atoms with van der Waals surface area (Å²) >= 11 is 0. The van der Waals surface area contributed by atoms with E-state index in [0.29, 0.717) is 12.1 Å². The number of aliphatic hydroxyl groups excluding tert-OH is 1. The van der Waals surface area contributed by atoms with Gasteiger partial charge in [-0.3, -0.25) is 4.90 Å². The summed E-state index contributed by atoms with van der Waals surface area (Å²) in [5.41, 5.74) is 2.61. The number of anilines is 1. The van der Waals surface area contributed by atoms with Crippen LogP contribution in [0, 0.1) is 6.92 Å². The van der Waals surface area contributed by atoms with Crippen LogP contribution >= 0.6 is 0 Å². The Hall–Kier alpha value is -1.06. The van der Waals surface area contributed by atoms with Crippen LogP contribution in [-0.4, -0.2) is 48.8 Å². The predicted molar refractivity (Wildman–Crippen MR) is 76.1 cm³/mol. The van der Waals surface area contributed by atoms with Crippen molar-refractivity contribution in [2.45, 2.75) is 32.4 Å². The van der Waals surface area contributed by atoms with Crippen molar-refractivity contribution in [3.8, 4) is 0 Å². The van der Waals surface area contributed by atoms with Crippen LogP contribution in [0.25, 0.3) is 0 Å².